The van der Waals surface area contributed by atoms with E-state index in [1.165, 1.54) is 29.7 Å². The van der Waals surface area contributed by atoms with Gasteiger partial charge in [-0.3, -0.25) is 0 Å². The van der Waals surface area contributed by atoms with Crippen LogP contribution >= 0.6 is 11.6 Å². The van der Waals surface area contributed by atoms with Crippen LogP contribution in [0.3, 0.4) is 0 Å². The Balaban J connectivity index is 1.65. The van der Waals surface area contributed by atoms with Crippen molar-refractivity contribution in [1.29, 1.82) is 0 Å². The number of halogens is 1. The van der Waals surface area contributed by atoms with Gasteiger partial charge < -0.3 is 10.2 Å². The molecule has 1 aliphatic carbocycles. The molecule has 2 aliphatic rings. The van der Waals surface area contributed by atoms with Crippen LogP contribution in [0.25, 0.3) is 0 Å². The fraction of sp³-hybridized carbons (Fsp3) is 0.412. The van der Waals surface area contributed by atoms with Crippen molar-refractivity contribution in [3.8, 4) is 0 Å². The number of hydrogen-bond donors (Lipinski definition) is 1. The van der Waals surface area contributed by atoms with Crippen molar-refractivity contribution < 1.29 is 0 Å². The van der Waals surface area contributed by atoms with Crippen LogP contribution in [0, 0.1) is 0 Å². The number of rotatable bonds is 3. The summed E-state index contributed by atoms with van der Waals surface area (Å²) < 4.78 is 0. The van der Waals surface area contributed by atoms with E-state index in [1.54, 1.807) is 0 Å². The number of aromatic nitrogens is 2. The van der Waals surface area contributed by atoms with Gasteiger partial charge in [0.05, 0.1) is 5.69 Å². The smallest absolute Gasteiger partial charge is 0.224 e. The van der Waals surface area contributed by atoms with Gasteiger partial charge in [0.25, 0.3) is 0 Å². The molecule has 1 N–H and O–H groups in total. The molecule has 1 saturated carbocycles. The Hall–Kier alpha value is -1.81. The van der Waals surface area contributed by atoms with Crippen molar-refractivity contribution in [2.45, 2.75) is 31.7 Å². The first-order chi connectivity index (χ1) is 10.7. The molecule has 2 heterocycles. The van der Waals surface area contributed by atoms with Gasteiger partial charge in [-0.1, -0.05) is 17.7 Å². The third-order valence-corrected chi connectivity index (χ3v) is 4.69. The summed E-state index contributed by atoms with van der Waals surface area (Å²) in [5.74, 6) is 2.38. The molecule has 0 saturated heterocycles. The summed E-state index contributed by atoms with van der Waals surface area (Å²) in [5, 5.41) is 3.91. The highest BCUT2D eigenvalue weighted by molar-refractivity contribution is 6.30. The fourth-order valence-electron chi connectivity index (χ4n) is 3.03. The zero-order chi connectivity index (χ0) is 15.1. The minimum absolute atomic E-state index is 0.629. The normalized spacial score (nSPS) is 17.3. The zero-order valence-corrected chi connectivity index (χ0v) is 13.4. The lowest BCUT2D eigenvalue weighted by Gasteiger charge is -2.30. The van der Waals surface area contributed by atoms with Gasteiger partial charge in [0.1, 0.15) is 5.82 Å². The van der Waals surface area contributed by atoms with Gasteiger partial charge in [-0.2, -0.15) is 4.98 Å². The predicted molar refractivity (Wildman–Crippen MR) is 89.8 cm³/mol. The molecule has 2 aromatic rings. The van der Waals surface area contributed by atoms with Crippen LogP contribution in [0.2, 0.25) is 5.02 Å². The molecule has 114 valence electrons. The van der Waals surface area contributed by atoms with Crippen LogP contribution in [0.5, 0.6) is 0 Å². The summed E-state index contributed by atoms with van der Waals surface area (Å²) in [6, 6.07) is 8.35. The van der Waals surface area contributed by atoms with E-state index in [2.05, 4.69) is 38.4 Å². The standard InChI is InChI=1S/C17H19ClN4/c1-19-17-20-15(11-2-3-11)9-16(21-17)22-7-6-12-8-14(18)5-4-13(12)10-22/h4-5,8-9,11H,2-3,6-7,10H2,1H3,(H,19,20,21). The third-order valence-electron chi connectivity index (χ3n) is 4.46. The molecule has 1 aliphatic heterocycles. The number of nitrogens with zero attached hydrogens (tertiary/aromatic N) is 3. The van der Waals surface area contributed by atoms with Crippen molar-refractivity contribution in [2.24, 2.45) is 0 Å². The molecule has 0 atom stereocenters. The SMILES string of the molecule is CNc1nc(C2CC2)cc(N2CCc3cc(Cl)ccc3C2)n1. The lowest BCUT2D eigenvalue weighted by molar-refractivity contribution is 0.718. The van der Waals surface area contributed by atoms with E-state index < -0.39 is 0 Å². The molecule has 1 fully saturated rings. The molecular formula is C17H19ClN4. The average Bonchev–Trinajstić information content (AvgIpc) is 3.39. The van der Waals surface area contributed by atoms with E-state index in [-0.39, 0.29) is 0 Å². The highest BCUT2D eigenvalue weighted by Crippen LogP contribution is 2.40. The van der Waals surface area contributed by atoms with Crippen LogP contribution in [0.4, 0.5) is 11.8 Å². The van der Waals surface area contributed by atoms with Gasteiger partial charge in [0.2, 0.25) is 5.95 Å². The van der Waals surface area contributed by atoms with Crippen LogP contribution in [-0.2, 0) is 13.0 Å². The lowest BCUT2D eigenvalue weighted by atomic mass is 10.00. The van der Waals surface area contributed by atoms with Crippen molar-refractivity contribution in [1.82, 2.24) is 9.97 Å². The van der Waals surface area contributed by atoms with E-state index in [4.69, 9.17) is 11.6 Å². The maximum atomic E-state index is 6.09. The molecule has 0 unspecified atom stereocenters. The number of fused-ring (bicyclic) bond motifs is 1. The summed E-state index contributed by atoms with van der Waals surface area (Å²) >= 11 is 6.09. The van der Waals surface area contributed by atoms with Crippen LogP contribution in [-0.4, -0.2) is 23.6 Å². The summed E-state index contributed by atoms with van der Waals surface area (Å²) in [7, 11) is 1.88. The molecule has 4 rings (SSSR count). The Morgan fingerprint density at radius 3 is 2.82 bits per heavy atom. The van der Waals surface area contributed by atoms with Crippen LogP contribution in [0.15, 0.2) is 24.3 Å². The van der Waals surface area contributed by atoms with Crippen molar-refractivity contribution >= 4 is 23.4 Å². The molecule has 0 bridgehead atoms. The Morgan fingerprint density at radius 1 is 1.18 bits per heavy atom. The van der Waals surface area contributed by atoms with E-state index in [0.29, 0.717) is 5.92 Å². The second-order valence-corrected chi connectivity index (χ2v) is 6.52. The molecule has 4 nitrogen and oxygen atoms in total. The van der Waals surface area contributed by atoms with Crippen molar-refractivity contribution in [3.63, 3.8) is 0 Å². The summed E-state index contributed by atoms with van der Waals surface area (Å²) in [6.45, 7) is 1.86. The maximum Gasteiger partial charge on any atom is 0.224 e. The van der Waals surface area contributed by atoms with Crippen LogP contribution in [0.1, 0.15) is 35.6 Å². The molecule has 0 radical (unpaired) electrons. The quantitative estimate of drug-likeness (QED) is 0.939. The largest absolute Gasteiger partial charge is 0.357 e. The number of nitrogens with one attached hydrogen (secondary N) is 1. The van der Waals surface area contributed by atoms with Crippen molar-refractivity contribution in [2.75, 3.05) is 23.8 Å². The maximum absolute atomic E-state index is 6.09. The van der Waals surface area contributed by atoms with Crippen molar-refractivity contribution in [3.05, 3.63) is 46.1 Å². The fourth-order valence-corrected chi connectivity index (χ4v) is 3.23. The summed E-state index contributed by atoms with van der Waals surface area (Å²) in [4.78, 5) is 11.6. The molecule has 1 aromatic carbocycles. The Labute approximate surface area is 135 Å². The Kier molecular flexibility index (Phi) is 3.41. The van der Waals surface area contributed by atoms with Gasteiger partial charge in [0.15, 0.2) is 0 Å². The van der Waals surface area contributed by atoms with Gasteiger partial charge in [-0.05, 0) is 42.5 Å². The monoisotopic (exact) mass is 314 g/mol. The highest BCUT2D eigenvalue weighted by Gasteiger charge is 2.27. The number of anilines is 2. The zero-order valence-electron chi connectivity index (χ0n) is 12.6. The Morgan fingerprint density at radius 2 is 2.05 bits per heavy atom. The Bertz CT molecular complexity index is 712. The van der Waals surface area contributed by atoms with E-state index >= 15 is 0 Å². The molecule has 5 heteroatoms. The second kappa shape index (κ2) is 5.43. The van der Waals surface area contributed by atoms with Gasteiger partial charge in [-0.15, -0.1) is 0 Å². The third kappa shape index (κ3) is 2.63. The highest BCUT2D eigenvalue weighted by atomic mass is 35.5. The first-order valence-corrected chi connectivity index (χ1v) is 8.20. The number of hydrogen-bond acceptors (Lipinski definition) is 4. The average molecular weight is 315 g/mol. The minimum atomic E-state index is 0.629. The summed E-state index contributed by atoms with van der Waals surface area (Å²) in [5.41, 5.74) is 3.87. The van der Waals surface area contributed by atoms with E-state index in [1.807, 2.05) is 13.1 Å². The van der Waals surface area contributed by atoms with Gasteiger partial charge in [-0.25, -0.2) is 4.98 Å². The molecule has 22 heavy (non-hydrogen) atoms. The molecular weight excluding hydrogens is 296 g/mol. The van der Waals surface area contributed by atoms with Crippen LogP contribution < -0.4 is 10.2 Å². The first kappa shape index (κ1) is 13.8. The predicted octanol–water partition coefficient (Wildman–Crippen LogP) is 3.61. The van der Waals surface area contributed by atoms with Gasteiger partial charge in [0, 0.05) is 37.1 Å². The van der Waals surface area contributed by atoms with E-state index in [0.717, 1.165) is 36.3 Å². The molecule has 0 amide bonds. The minimum Gasteiger partial charge on any atom is -0.357 e. The number of benzene rings is 1. The first-order valence-electron chi connectivity index (χ1n) is 7.82. The second-order valence-electron chi connectivity index (χ2n) is 6.08. The molecule has 0 spiro atoms. The topological polar surface area (TPSA) is 41.1 Å². The molecule has 1 aromatic heterocycles. The van der Waals surface area contributed by atoms with E-state index in [9.17, 15) is 0 Å². The lowest BCUT2D eigenvalue weighted by Crippen LogP contribution is -2.31. The summed E-state index contributed by atoms with van der Waals surface area (Å²) in [6.07, 6.45) is 3.51. The van der Waals surface area contributed by atoms with Gasteiger partial charge >= 0.3 is 0 Å².